The van der Waals surface area contributed by atoms with Crippen LogP contribution in [0.2, 0.25) is 0 Å². The van der Waals surface area contributed by atoms with Gasteiger partial charge in [0.05, 0.1) is 6.42 Å². The zero-order valence-corrected chi connectivity index (χ0v) is 12.3. The molecule has 4 heteroatoms. The molecule has 0 spiro atoms. The maximum absolute atomic E-state index is 12.6. The van der Waals surface area contributed by atoms with E-state index in [0.29, 0.717) is 12.3 Å². The SMILES string of the molecule is O=C(O)CCN(C(=O)CC1CCCCC1)c1ccccc1. The summed E-state index contributed by atoms with van der Waals surface area (Å²) in [5, 5.41) is 8.87. The third-order valence-corrected chi connectivity index (χ3v) is 4.11. The third kappa shape index (κ3) is 4.88. The van der Waals surface area contributed by atoms with E-state index in [1.165, 1.54) is 19.3 Å². The lowest BCUT2D eigenvalue weighted by Crippen LogP contribution is -2.34. The third-order valence-electron chi connectivity index (χ3n) is 4.11. The molecular formula is C17H23NO3. The molecule has 2 rings (SSSR count). The monoisotopic (exact) mass is 289 g/mol. The fraction of sp³-hybridized carbons (Fsp3) is 0.529. The number of carboxylic acid groups (broad SMARTS) is 1. The van der Waals surface area contributed by atoms with Gasteiger partial charge in [-0.2, -0.15) is 0 Å². The number of para-hydroxylation sites is 1. The van der Waals surface area contributed by atoms with Gasteiger partial charge in [0.2, 0.25) is 5.91 Å². The van der Waals surface area contributed by atoms with Crippen LogP contribution in [0, 0.1) is 5.92 Å². The fourth-order valence-electron chi connectivity index (χ4n) is 2.96. The second-order valence-corrected chi connectivity index (χ2v) is 5.73. The second-order valence-electron chi connectivity index (χ2n) is 5.73. The van der Waals surface area contributed by atoms with E-state index >= 15 is 0 Å². The summed E-state index contributed by atoms with van der Waals surface area (Å²) in [5.41, 5.74) is 0.791. The van der Waals surface area contributed by atoms with Crippen LogP contribution in [0.25, 0.3) is 0 Å². The Balaban J connectivity index is 2.02. The lowest BCUT2D eigenvalue weighted by Gasteiger charge is -2.26. The van der Waals surface area contributed by atoms with Crippen molar-refractivity contribution in [3.05, 3.63) is 30.3 Å². The smallest absolute Gasteiger partial charge is 0.305 e. The van der Waals surface area contributed by atoms with Crippen molar-refractivity contribution >= 4 is 17.6 Å². The normalized spacial score (nSPS) is 15.6. The highest BCUT2D eigenvalue weighted by Crippen LogP contribution is 2.27. The number of benzene rings is 1. The highest BCUT2D eigenvalue weighted by Gasteiger charge is 2.22. The Kier molecular flexibility index (Phi) is 5.78. The Morgan fingerprint density at radius 1 is 1.10 bits per heavy atom. The first-order valence-electron chi connectivity index (χ1n) is 7.74. The molecule has 0 aromatic heterocycles. The predicted octanol–water partition coefficient (Wildman–Crippen LogP) is 3.46. The molecular weight excluding hydrogens is 266 g/mol. The number of anilines is 1. The minimum absolute atomic E-state index is 0.0225. The average Bonchev–Trinajstić information content (AvgIpc) is 2.49. The molecule has 1 saturated carbocycles. The summed E-state index contributed by atoms with van der Waals surface area (Å²) in [6, 6.07) is 9.36. The lowest BCUT2D eigenvalue weighted by atomic mass is 9.86. The molecule has 0 bridgehead atoms. The largest absolute Gasteiger partial charge is 0.481 e. The van der Waals surface area contributed by atoms with E-state index in [9.17, 15) is 9.59 Å². The van der Waals surface area contributed by atoms with E-state index in [2.05, 4.69) is 0 Å². The first-order valence-corrected chi connectivity index (χ1v) is 7.74. The molecule has 1 aromatic rings. The van der Waals surface area contributed by atoms with Crippen LogP contribution < -0.4 is 4.90 Å². The van der Waals surface area contributed by atoms with Gasteiger partial charge in [0, 0.05) is 18.7 Å². The van der Waals surface area contributed by atoms with Crippen molar-refractivity contribution in [1.29, 1.82) is 0 Å². The Morgan fingerprint density at radius 3 is 2.38 bits per heavy atom. The molecule has 114 valence electrons. The number of hydrogen-bond acceptors (Lipinski definition) is 2. The van der Waals surface area contributed by atoms with Gasteiger partial charge < -0.3 is 10.0 Å². The first kappa shape index (κ1) is 15.5. The molecule has 0 heterocycles. The minimum atomic E-state index is -0.874. The summed E-state index contributed by atoms with van der Waals surface area (Å²) in [6.45, 7) is 0.241. The van der Waals surface area contributed by atoms with Gasteiger partial charge >= 0.3 is 5.97 Å². The van der Waals surface area contributed by atoms with Crippen molar-refractivity contribution in [3.63, 3.8) is 0 Å². The van der Waals surface area contributed by atoms with E-state index in [-0.39, 0.29) is 18.9 Å². The van der Waals surface area contributed by atoms with Gasteiger partial charge in [0.1, 0.15) is 0 Å². The number of carbonyl (C=O) groups is 2. The van der Waals surface area contributed by atoms with Gasteiger partial charge in [0.25, 0.3) is 0 Å². The van der Waals surface area contributed by atoms with Crippen LogP contribution in [-0.4, -0.2) is 23.5 Å². The molecule has 0 atom stereocenters. The van der Waals surface area contributed by atoms with Crippen LogP contribution in [0.4, 0.5) is 5.69 Å². The van der Waals surface area contributed by atoms with Gasteiger partial charge in [-0.15, -0.1) is 0 Å². The van der Waals surface area contributed by atoms with Crippen LogP contribution in [-0.2, 0) is 9.59 Å². The molecule has 21 heavy (non-hydrogen) atoms. The molecule has 1 N–H and O–H groups in total. The zero-order valence-electron chi connectivity index (χ0n) is 12.3. The number of aliphatic carboxylic acids is 1. The second kappa shape index (κ2) is 7.81. The highest BCUT2D eigenvalue weighted by atomic mass is 16.4. The first-order chi connectivity index (χ1) is 10.2. The van der Waals surface area contributed by atoms with Crippen molar-refractivity contribution in [3.8, 4) is 0 Å². The summed E-state index contributed by atoms with van der Waals surface area (Å²) in [4.78, 5) is 25.0. The molecule has 1 fully saturated rings. The zero-order chi connectivity index (χ0) is 15.1. The Hall–Kier alpha value is -1.84. The van der Waals surface area contributed by atoms with Gasteiger partial charge in [-0.3, -0.25) is 9.59 Å². The van der Waals surface area contributed by atoms with Crippen molar-refractivity contribution in [2.24, 2.45) is 5.92 Å². The maximum Gasteiger partial charge on any atom is 0.305 e. The van der Waals surface area contributed by atoms with Crippen LogP contribution in [0.15, 0.2) is 30.3 Å². The van der Waals surface area contributed by atoms with Crippen molar-refractivity contribution in [2.75, 3.05) is 11.4 Å². The molecule has 1 aliphatic carbocycles. The van der Waals surface area contributed by atoms with Gasteiger partial charge in [-0.25, -0.2) is 0 Å². The van der Waals surface area contributed by atoms with Crippen LogP contribution in [0.5, 0.6) is 0 Å². The van der Waals surface area contributed by atoms with Crippen LogP contribution in [0.1, 0.15) is 44.9 Å². The summed E-state index contributed by atoms with van der Waals surface area (Å²) in [6.07, 6.45) is 6.43. The van der Waals surface area contributed by atoms with E-state index in [1.54, 1.807) is 4.90 Å². The summed E-state index contributed by atoms with van der Waals surface area (Å²) in [7, 11) is 0. The fourth-order valence-corrected chi connectivity index (χ4v) is 2.96. The highest BCUT2D eigenvalue weighted by molar-refractivity contribution is 5.93. The van der Waals surface area contributed by atoms with Gasteiger partial charge in [0.15, 0.2) is 0 Å². The molecule has 0 saturated heterocycles. The maximum atomic E-state index is 12.6. The van der Waals surface area contributed by atoms with E-state index in [0.717, 1.165) is 18.5 Å². The number of carboxylic acids is 1. The quantitative estimate of drug-likeness (QED) is 0.872. The van der Waals surface area contributed by atoms with Crippen LogP contribution >= 0.6 is 0 Å². The predicted molar refractivity (Wildman–Crippen MR) is 82.2 cm³/mol. The molecule has 1 aromatic carbocycles. The van der Waals surface area contributed by atoms with Crippen molar-refractivity contribution < 1.29 is 14.7 Å². The van der Waals surface area contributed by atoms with Gasteiger partial charge in [-0.1, -0.05) is 37.5 Å². The molecule has 0 radical (unpaired) electrons. The number of rotatable bonds is 6. The molecule has 0 aliphatic heterocycles. The standard InChI is InChI=1S/C17H23NO3/c19-16(13-14-7-3-1-4-8-14)18(12-11-17(20)21)15-9-5-2-6-10-15/h2,5-6,9-10,14H,1,3-4,7-8,11-13H2,(H,20,21). The van der Waals surface area contributed by atoms with Crippen molar-refractivity contribution in [1.82, 2.24) is 0 Å². The summed E-state index contributed by atoms with van der Waals surface area (Å²) >= 11 is 0. The molecule has 1 aliphatic rings. The lowest BCUT2D eigenvalue weighted by molar-refractivity contribution is -0.136. The van der Waals surface area contributed by atoms with Crippen LogP contribution in [0.3, 0.4) is 0 Å². The molecule has 4 nitrogen and oxygen atoms in total. The van der Waals surface area contributed by atoms with Crippen molar-refractivity contribution in [2.45, 2.75) is 44.9 Å². The van der Waals surface area contributed by atoms with E-state index in [4.69, 9.17) is 5.11 Å². The Morgan fingerprint density at radius 2 is 1.76 bits per heavy atom. The summed E-state index contributed by atoms with van der Waals surface area (Å²) < 4.78 is 0. The average molecular weight is 289 g/mol. The Labute approximate surface area is 125 Å². The number of carbonyl (C=O) groups excluding carboxylic acids is 1. The number of hydrogen-bond donors (Lipinski definition) is 1. The number of amides is 1. The van der Waals surface area contributed by atoms with E-state index < -0.39 is 5.97 Å². The van der Waals surface area contributed by atoms with E-state index in [1.807, 2.05) is 30.3 Å². The summed E-state index contributed by atoms with van der Waals surface area (Å²) in [5.74, 6) is -0.363. The topological polar surface area (TPSA) is 57.6 Å². The molecule has 1 amide bonds. The van der Waals surface area contributed by atoms with Gasteiger partial charge in [-0.05, 0) is 30.9 Å². The minimum Gasteiger partial charge on any atom is -0.481 e. The molecule has 0 unspecified atom stereocenters. The number of nitrogens with zero attached hydrogens (tertiary/aromatic N) is 1. The Bertz CT molecular complexity index is 466.